The van der Waals surface area contributed by atoms with E-state index in [1.807, 2.05) is 35.2 Å². The van der Waals surface area contributed by atoms with Crippen molar-refractivity contribution in [2.75, 3.05) is 38.2 Å². The van der Waals surface area contributed by atoms with Crippen LogP contribution in [0, 0.1) is 5.82 Å². The Hall–Kier alpha value is -4.14. The normalized spacial score (nSPS) is 13.8. The van der Waals surface area contributed by atoms with Crippen molar-refractivity contribution in [3.05, 3.63) is 72.3 Å². The molecule has 1 aliphatic heterocycles. The van der Waals surface area contributed by atoms with Crippen molar-refractivity contribution in [3.63, 3.8) is 0 Å². The molecule has 2 aromatic heterocycles. The molecule has 3 heterocycles. The summed E-state index contributed by atoms with van der Waals surface area (Å²) >= 11 is 0. The molecule has 5 rings (SSSR count). The molecule has 4 aromatic rings. The SMILES string of the molecule is COc1cccc(CNC(=O)N2CCN(c3ncnc4[nH]c(-c5ccc(F)cc5)cc34)CC2)c1. The van der Waals surface area contributed by atoms with Crippen molar-refractivity contribution in [1.82, 2.24) is 25.2 Å². The molecule has 1 saturated heterocycles. The van der Waals surface area contributed by atoms with E-state index >= 15 is 0 Å². The first-order valence-electron chi connectivity index (χ1n) is 11.1. The molecule has 1 aliphatic rings. The lowest BCUT2D eigenvalue weighted by atomic mass is 10.1. The van der Waals surface area contributed by atoms with Crippen molar-refractivity contribution in [2.45, 2.75) is 6.54 Å². The molecule has 174 valence electrons. The number of aromatic nitrogens is 3. The Bertz CT molecular complexity index is 1300. The number of aromatic amines is 1. The first-order valence-corrected chi connectivity index (χ1v) is 11.1. The van der Waals surface area contributed by atoms with Gasteiger partial charge in [-0.15, -0.1) is 0 Å². The van der Waals surface area contributed by atoms with Crippen molar-refractivity contribution < 1.29 is 13.9 Å². The monoisotopic (exact) mass is 460 g/mol. The molecular weight excluding hydrogens is 435 g/mol. The van der Waals surface area contributed by atoms with Gasteiger partial charge in [0.05, 0.1) is 12.5 Å². The molecule has 2 N–H and O–H groups in total. The minimum Gasteiger partial charge on any atom is -0.497 e. The van der Waals surface area contributed by atoms with E-state index in [-0.39, 0.29) is 11.8 Å². The lowest BCUT2D eigenvalue weighted by Crippen LogP contribution is -2.52. The third kappa shape index (κ3) is 4.50. The van der Waals surface area contributed by atoms with Crippen LogP contribution in [0.15, 0.2) is 60.9 Å². The fourth-order valence-electron chi connectivity index (χ4n) is 4.16. The summed E-state index contributed by atoms with van der Waals surface area (Å²) in [4.78, 5) is 28.8. The van der Waals surface area contributed by atoms with E-state index in [4.69, 9.17) is 4.74 Å². The van der Waals surface area contributed by atoms with E-state index in [9.17, 15) is 9.18 Å². The molecule has 0 atom stereocenters. The maximum atomic E-state index is 13.3. The van der Waals surface area contributed by atoms with Crippen LogP contribution in [0.4, 0.5) is 15.0 Å². The summed E-state index contributed by atoms with van der Waals surface area (Å²) in [5.74, 6) is 1.32. The molecule has 2 amide bonds. The third-order valence-electron chi connectivity index (χ3n) is 6.00. The van der Waals surface area contributed by atoms with E-state index in [0.717, 1.165) is 39.4 Å². The van der Waals surface area contributed by atoms with Gasteiger partial charge < -0.3 is 24.8 Å². The number of piperazine rings is 1. The van der Waals surface area contributed by atoms with Gasteiger partial charge >= 0.3 is 6.03 Å². The Morgan fingerprint density at radius 2 is 1.88 bits per heavy atom. The fraction of sp³-hybridized carbons (Fsp3) is 0.240. The molecule has 1 fully saturated rings. The number of anilines is 1. The molecule has 0 spiro atoms. The average molecular weight is 461 g/mol. The zero-order valence-corrected chi connectivity index (χ0v) is 18.8. The highest BCUT2D eigenvalue weighted by Gasteiger charge is 2.23. The summed E-state index contributed by atoms with van der Waals surface area (Å²) < 4.78 is 18.5. The van der Waals surface area contributed by atoms with Crippen molar-refractivity contribution in [3.8, 4) is 17.0 Å². The number of carbonyl (C=O) groups is 1. The number of ether oxygens (including phenoxy) is 1. The second-order valence-electron chi connectivity index (χ2n) is 8.13. The third-order valence-corrected chi connectivity index (χ3v) is 6.00. The standard InChI is InChI=1S/C25H25FN6O2/c1-34-20-4-2-3-17(13-20)15-27-25(33)32-11-9-31(10-12-32)24-21-14-22(30-23(21)28-16-29-24)18-5-7-19(26)8-6-18/h2-8,13-14,16H,9-12,15H2,1H3,(H,27,33)(H,28,29,30). The van der Waals surface area contributed by atoms with Crippen LogP contribution in [0.3, 0.4) is 0 Å². The number of rotatable bonds is 5. The highest BCUT2D eigenvalue weighted by molar-refractivity contribution is 5.92. The number of carbonyl (C=O) groups excluding carboxylic acids is 1. The van der Waals surface area contributed by atoms with E-state index in [1.165, 1.54) is 18.5 Å². The number of H-pyrrole nitrogens is 1. The van der Waals surface area contributed by atoms with Gasteiger partial charge in [-0.2, -0.15) is 0 Å². The number of nitrogens with zero attached hydrogens (tertiary/aromatic N) is 4. The van der Waals surface area contributed by atoms with E-state index in [2.05, 4.69) is 25.2 Å². The van der Waals surface area contributed by atoms with Gasteiger partial charge in [0.25, 0.3) is 0 Å². The van der Waals surface area contributed by atoms with Crippen LogP contribution in [0.25, 0.3) is 22.3 Å². The van der Waals surface area contributed by atoms with Gasteiger partial charge in [0.2, 0.25) is 0 Å². The quantitative estimate of drug-likeness (QED) is 0.473. The van der Waals surface area contributed by atoms with Gasteiger partial charge in [-0.3, -0.25) is 0 Å². The van der Waals surface area contributed by atoms with Gasteiger partial charge in [0.1, 0.15) is 29.4 Å². The van der Waals surface area contributed by atoms with Gasteiger partial charge in [-0.1, -0.05) is 12.1 Å². The lowest BCUT2D eigenvalue weighted by Gasteiger charge is -2.35. The number of methoxy groups -OCH3 is 1. The van der Waals surface area contributed by atoms with Crippen LogP contribution in [0.2, 0.25) is 0 Å². The van der Waals surface area contributed by atoms with Crippen LogP contribution in [0.5, 0.6) is 5.75 Å². The fourth-order valence-corrected chi connectivity index (χ4v) is 4.16. The molecule has 0 radical (unpaired) electrons. The van der Waals surface area contributed by atoms with Gasteiger partial charge in [-0.05, 0) is 53.6 Å². The predicted molar refractivity (Wildman–Crippen MR) is 128 cm³/mol. The number of nitrogens with one attached hydrogen (secondary N) is 2. The number of hydrogen-bond donors (Lipinski definition) is 2. The minimum atomic E-state index is -0.272. The summed E-state index contributed by atoms with van der Waals surface area (Å²) in [7, 11) is 1.62. The van der Waals surface area contributed by atoms with Crippen molar-refractivity contribution >= 4 is 22.9 Å². The highest BCUT2D eigenvalue weighted by atomic mass is 19.1. The number of fused-ring (bicyclic) bond motifs is 1. The number of benzene rings is 2. The Morgan fingerprint density at radius 1 is 1.09 bits per heavy atom. The largest absolute Gasteiger partial charge is 0.497 e. The Balaban J connectivity index is 1.24. The van der Waals surface area contributed by atoms with Crippen molar-refractivity contribution in [1.29, 1.82) is 0 Å². The summed E-state index contributed by atoms with van der Waals surface area (Å²) in [6, 6.07) is 15.9. The van der Waals surface area contributed by atoms with E-state index < -0.39 is 0 Å². The first kappa shape index (κ1) is 21.7. The van der Waals surface area contributed by atoms with Crippen LogP contribution in [-0.2, 0) is 6.54 Å². The minimum absolute atomic E-state index is 0.0875. The van der Waals surface area contributed by atoms with Gasteiger partial charge in [0.15, 0.2) is 0 Å². The van der Waals surface area contributed by atoms with Gasteiger partial charge in [0, 0.05) is 38.4 Å². The molecule has 8 nitrogen and oxygen atoms in total. The second-order valence-corrected chi connectivity index (χ2v) is 8.13. The van der Waals surface area contributed by atoms with Crippen LogP contribution >= 0.6 is 0 Å². The maximum absolute atomic E-state index is 13.3. The van der Waals surface area contributed by atoms with Crippen molar-refractivity contribution in [2.24, 2.45) is 0 Å². The number of amides is 2. The molecule has 0 unspecified atom stereocenters. The molecule has 2 aromatic carbocycles. The molecular formula is C25H25FN6O2. The summed E-state index contributed by atoms with van der Waals surface area (Å²) in [6.07, 6.45) is 1.54. The zero-order valence-electron chi connectivity index (χ0n) is 18.8. The topological polar surface area (TPSA) is 86.4 Å². The Kier molecular flexibility index (Phi) is 5.99. The summed E-state index contributed by atoms with van der Waals surface area (Å²) in [5.41, 5.74) is 3.44. The summed E-state index contributed by atoms with van der Waals surface area (Å²) in [6.45, 7) is 2.94. The molecule has 34 heavy (non-hydrogen) atoms. The zero-order chi connectivity index (χ0) is 23.5. The highest BCUT2D eigenvalue weighted by Crippen LogP contribution is 2.29. The van der Waals surface area contributed by atoms with E-state index in [1.54, 1.807) is 19.2 Å². The maximum Gasteiger partial charge on any atom is 0.317 e. The molecule has 0 aliphatic carbocycles. The molecule has 0 bridgehead atoms. The smallest absolute Gasteiger partial charge is 0.317 e. The number of halogens is 1. The summed E-state index contributed by atoms with van der Waals surface area (Å²) in [5, 5.41) is 3.89. The first-order chi connectivity index (χ1) is 16.6. The predicted octanol–water partition coefficient (Wildman–Crippen LogP) is 3.80. The Morgan fingerprint density at radius 3 is 2.65 bits per heavy atom. The lowest BCUT2D eigenvalue weighted by molar-refractivity contribution is 0.194. The van der Waals surface area contributed by atoms with Crippen LogP contribution in [0.1, 0.15) is 5.56 Å². The van der Waals surface area contributed by atoms with Crippen LogP contribution < -0.4 is 15.0 Å². The molecule has 9 heteroatoms. The van der Waals surface area contributed by atoms with E-state index in [0.29, 0.717) is 32.7 Å². The molecule has 0 saturated carbocycles. The Labute approximate surface area is 196 Å². The number of hydrogen-bond acceptors (Lipinski definition) is 5. The van der Waals surface area contributed by atoms with Crippen LogP contribution in [-0.4, -0.2) is 59.2 Å². The second kappa shape index (κ2) is 9.38. The average Bonchev–Trinajstić information content (AvgIpc) is 3.32. The number of urea groups is 1. The van der Waals surface area contributed by atoms with Gasteiger partial charge in [-0.25, -0.2) is 19.2 Å².